The van der Waals surface area contributed by atoms with E-state index in [4.69, 9.17) is 0 Å². The summed E-state index contributed by atoms with van der Waals surface area (Å²) in [6.45, 7) is 2.02. The van der Waals surface area contributed by atoms with Gasteiger partial charge >= 0.3 is 0 Å². The molecule has 1 aromatic carbocycles. The van der Waals surface area contributed by atoms with Crippen molar-refractivity contribution >= 4 is 16.8 Å². The normalized spacial score (nSPS) is 17.1. The molecule has 0 bridgehead atoms. The maximum atomic E-state index is 13.1. The van der Waals surface area contributed by atoms with Crippen molar-refractivity contribution in [1.82, 2.24) is 24.5 Å². The summed E-state index contributed by atoms with van der Waals surface area (Å²) in [5.74, 6) is 0.359. The van der Waals surface area contributed by atoms with Crippen molar-refractivity contribution in [1.29, 1.82) is 0 Å². The molecule has 1 aliphatic heterocycles. The van der Waals surface area contributed by atoms with Gasteiger partial charge in [-0.3, -0.25) is 14.3 Å². The maximum absolute atomic E-state index is 13.1. The van der Waals surface area contributed by atoms with Gasteiger partial charge in [0.2, 0.25) is 0 Å². The second-order valence-electron chi connectivity index (χ2n) is 8.22. The molecule has 3 heterocycles. The molecule has 0 saturated carbocycles. The molecule has 0 spiro atoms. The highest BCUT2D eigenvalue weighted by Gasteiger charge is 2.27. The molecule has 1 saturated heterocycles. The molecule has 7 nitrogen and oxygen atoms in total. The van der Waals surface area contributed by atoms with Crippen LogP contribution in [0.25, 0.3) is 10.9 Å². The molecule has 3 aromatic rings. The van der Waals surface area contributed by atoms with Crippen molar-refractivity contribution in [2.24, 2.45) is 13.0 Å². The second kappa shape index (κ2) is 7.13. The molecule has 1 amide bonds. The predicted octanol–water partition coefficient (Wildman–Crippen LogP) is 2.17. The molecule has 0 N–H and O–H groups in total. The van der Waals surface area contributed by atoms with Crippen LogP contribution < -0.4 is 5.56 Å². The van der Waals surface area contributed by atoms with Gasteiger partial charge in [-0.05, 0) is 49.7 Å². The van der Waals surface area contributed by atoms with E-state index in [1.165, 1.54) is 0 Å². The van der Waals surface area contributed by atoms with Gasteiger partial charge < -0.3 is 4.90 Å². The second-order valence-corrected chi connectivity index (χ2v) is 8.22. The van der Waals surface area contributed by atoms with E-state index in [1.807, 2.05) is 36.2 Å². The van der Waals surface area contributed by atoms with Crippen LogP contribution in [0.1, 0.15) is 41.0 Å². The number of aryl methyl sites for hydroxylation is 3. The Bertz CT molecular complexity index is 1140. The van der Waals surface area contributed by atoms with Crippen LogP contribution in [0.3, 0.4) is 0 Å². The third-order valence-electron chi connectivity index (χ3n) is 6.32. The number of hydrogen-bond donors (Lipinski definition) is 0. The van der Waals surface area contributed by atoms with Crippen molar-refractivity contribution in [2.75, 3.05) is 13.1 Å². The fraction of sp³-hybridized carbons (Fsp3) is 0.455. The van der Waals surface area contributed by atoms with Gasteiger partial charge in [0.15, 0.2) is 5.69 Å². The number of benzene rings is 1. The predicted molar refractivity (Wildman–Crippen MR) is 110 cm³/mol. The number of aromatic nitrogens is 4. The summed E-state index contributed by atoms with van der Waals surface area (Å²) in [6, 6.07) is 9.59. The Morgan fingerprint density at radius 2 is 1.93 bits per heavy atom. The van der Waals surface area contributed by atoms with Crippen molar-refractivity contribution in [2.45, 2.75) is 38.6 Å². The maximum Gasteiger partial charge on any atom is 0.275 e. The number of carbonyl (C=O) groups is 1. The zero-order valence-electron chi connectivity index (χ0n) is 16.7. The van der Waals surface area contributed by atoms with E-state index in [-0.39, 0.29) is 11.5 Å². The smallest absolute Gasteiger partial charge is 0.275 e. The topological polar surface area (TPSA) is 73.0 Å². The number of hydrogen-bond acceptors (Lipinski definition) is 4. The highest BCUT2D eigenvalue weighted by atomic mass is 16.2. The van der Waals surface area contributed by atoms with Crippen LogP contribution in [0.2, 0.25) is 0 Å². The van der Waals surface area contributed by atoms with Gasteiger partial charge in [0.1, 0.15) is 0 Å². The monoisotopic (exact) mass is 391 g/mol. The van der Waals surface area contributed by atoms with Gasteiger partial charge in [0.25, 0.3) is 11.5 Å². The Labute approximate surface area is 168 Å². The highest BCUT2D eigenvalue weighted by molar-refractivity contribution is 6.04. The zero-order valence-corrected chi connectivity index (χ0v) is 16.7. The first-order valence-corrected chi connectivity index (χ1v) is 10.4. The van der Waals surface area contributed by atoms with Gasteiger partial charge in [-0.15, -0.1) is 0 Å². The molecule has 0 unspecified atom stereocenters. The Balaban J connectivity index is 1.27. The SMILES string of the molecule is Cn1nc(C(=O)N2CCC(Cn3nc4c(cc3=O)CCC4)CC2)c2ccccc21. The Kier molecular flexibility index (Phi) is 4.45. The number of rotatable bonds is 3. The molecule has 150 valence electrons. The fourth-order valence-corrected chi connectivity index (χ4v) is 4.65. The molecule has 2 aromatic heterocycles. The fourth-order valence-electron chi connectivity index (χ4n) is 4.65. The van der Waals surface area contributed by atoms with Gasteiger partial charge in [0.05, 0.1) is 11.2 Å². The van der Waals surface area contributed by atoms with Crippen LogP contribution in [0.5, 0.6) is 0 Å². The number of likely N-dealkylation sites (tertiary alicyclic amines) is 1. The Morgan fingerprint density at radius 1 is 1.14 bits per heavy atom. The molecule has 1 fully saturated rings. The summed E-state index contributed by atoms with van der Waals surface area (Å²) in [5, 5.41) is 9.96. The number of nitrogens with zero attached hydrogens (tertiary/aromatic N) is 5. The summed E-state index contributed by atoms with van der Waals surface area (Å²) in [7, 11) is 1.87. The standard InChI is InChI=1S/C22H25N5O2/c1-25-19-8-3-2-6-17(19)21(24-25)22(29)26-11-9-15(10-12-26)14-27-20(28)13-16-5-4-7-18(16)23-27/h2-3,6,8,13,15H,4-5,7,9-12,14H2,1H3. The van der Waals surface area contributed by atoms with Crippen LogP contribution in [-0.2, 0) is 26.4 Å². The van der Waals surface area contributed by atoms with Crippen LogP contribution in [0, 0.1) is 5.92 Å². The van der Waals surface area contributed by atoms with Gasteiger partial charge in [-0.1, -0.05) is 18.2 Å². The minimum Gasteiger partial charge on any atom is -0.337 e. The van der Waals surface area contributed by atoms with Crippen LogP contribution in [-0.4, -0.2) is 43.5 Å². The lowest BCUT2D eigenvalue weighted by Crippen LogP contribution is -2.40. The molecular formula is C22H25N5O2. The minimum absolute atomic E-state index is 0.00381. The molecule has 2 aliphatic rings. The molecule has 7 heteroatoms. The summed E-state index contributed by atoms with van der Waals surface area (Å²) in [4.78, 5) is 27.3. The average Bonchev–Trinajstić information content (AvgIpc) is 3.32. The molecule has 1 aliphatic carbocycles. The number of piperidine rings is 1. The summed E-state index contributed by atoms with van der Waals surface area (Å²) in [6.07, 6.45) is 4.79. The van der Waals surface area contributed by atoms with E-state index < -0.39 is 0 Å². The van der Waals surface area contributed by atoms with E-state index in [0.29, 0.717) is 31.2 Å². The molecule has 0 atom stereocenters. The molecule has 0 radical (unpaired) electrons. The van der Waals surface area contributed by atoms with Crippen molar-refractivity contribution < 1.29 is 4.79 Å². The third kappa shape index (κ3) is 3.24. The molecule has 29 heavy (non-hydrogen) atoms. The summed E-state index contributed by atoms with van der Waals surface area (Å²) >= 11 is 0. The lowest BCUT2D eigenvalue weighted by molar-refractivity contribution is 0.0675. The van der Waals surface area contributed by atoms with E-state index in [9.17, 15) is 9.59 Å². The zero-order chi connectivity index (χ0) is 20.0. The quantitative estimate of drug-likeness (QED) is 0.686. The molecular weight excluding hydrogens is 366 g/mol. The minimum atomic E-state index is -0.00641. The van der Waals surface area contributed by atoms with Gasteiger partial charge in [-0.25, -0.2) is 4.68 Å². The summed E-state index contributed by atoms with van der Waals surface area (Å²) in [5.41, 5.74) is 3.70. The van der Waals surface area contributed by atoms with Crippen molar-refractivity contribution in [3.8, 4) is 0 Å². The number of fused-ring (bicyclic) bond motifs is 2. The van der Waals surface area contributed by atoms with Crippen LogP contribution in [0.4, 0.5) is 0 Å². The third-order valence-corrected chi connectivity index (χ3v) is 6.32. The number of amides is 1. The summed E-state index contributed by atoms with van der Waals surface area (Å²) < 4.78 is 3.40. The number of carbonyl (C=O) groups excluding carboxylic acids is 1. The van der Waals surface area contributed by atoms with Crippen molar-refractivity contribution in [3.05, 3.63) is 57.6 Å². The lowest BCUT2D eigenvalue weighted by atomic mass is 9.96. The lowest BCUT2D eigenvalue weighted by Gasteiger charge is -2.31. The highest BCUT2D eigenvalue weighted by Crippen LogP contribution is 2.24. The Morgan fingerprint density at radius 3 is 2.76 bits per heavy atom. The largest absolute Gasteiger partial charge is 0.337 e. The average molecular weight is 391 g/mol. The van der Waals surface area contributed by atoms with Crippen molar-refractivity contribution in [3.63, 3.8) is 0 Å². The van der Waals surface area contributed by atoms with Gasteiger partial charge in [0, 0.05) is 38.1 Å². The van der Waals surface area contributed by atoms with E-state index in [0.717, 1.165) is 54.3 Å². The molecule has 5 rings (SSSR count). The van der Waals surface area contributed by atoms with E-state index >= 15 is 0 Å². The first-order valence-electron chi connectivity index (χ1n) is 10.4. The first-order chi connectivity index (χ1) is 14.1. The first kappa shape index (κ1) is 18.1. The van der Waals surface area contributed by atoms with E-state index in [1.54, 1.807) is 15.4 Å². The van der Waals surface area contributed by atoms with E-state index in [2.05, 4.69) is 10.2 Å². The number of para-hydroxylation sites is 1. The van der Waals surface area contributed by atoms with Crippen LogP contribution in [0.15, 0.2) is 35.1 Å². The van der Waals surface area contributed by atoms with Crippen LogP contribution >= 0.6 is 0 Å². The Hall–Kier alpha value is -2.96. The van der Waals surface area contributed by atoms with Gasteiger partial charge in [-0.2, -0.15) is 10.2 Å².